The molecule has 0 saturated carbocycles. The van der Waals surface area contributed by atoms with Crippen LogP contribution < -0.4 is 0 Å². The van der Waals surface area contributed by atoms with Gasteiger partial charge in [0.05, 0.1) is 12.1 Å². The van der Waals surface area contributed by atoms with Gasteiger partial charge in [0.1, 0.15) is 11.6 Å². The molecular weight excluding hydrogens is 511 g/mol. The first-order chi connectivity index (χ1) is 18.0. The van der Waals surface area contributed by atoms with E-state index in [2.05, 4.69) is 68.0 Å². The Morgan fingerprint density at radius 2 is 1.95 bits per heavy atom. The summed E-state index contributed by atoms with van der Waals surface area (Å²) in [5.74, 6) is 0. The Morgan fingerprint density at radius 1 is 1.18 bits per heavy atom. The topological polar surface area (TPSA) is 54.9 Å². The third-order valence-corrected chi connectivity index (χ3v) is 13.2. The van der Waals surface area contributed by atoms with Crippen molar-refractivity contribution >= 4 is 25.7 Å². The van der Waals surface area contributed by atoms with Crippen LogP contribution in [0.1, 0.15) is 44.4 Å². The van der Waals surface area contributed by atoms with Crippen LogP contribution >= 0.6 is 11.3 Å². The molecule has 0 spiro atoms. The molecule has 6 nitrogen and oxygen atoms in total. The van der Waals surface area contributed by atoms with Crippen molar-refractivity contribution in [3.05, 3.63) is 77.3 Å². The Morgan fingerprint density at radius 3 is 2.63 bits per heavy atom. The zero-order valence-corrected chi connectivity index (χ0v) is 25.3. The minimum atomic E-state index is -1.84. The van der Waals surface area contributed by atoms with Gasteiger partial charge < -0.3 is 14.1 Å². The summed E-state index contributed by atoms with van der Waals surface area (Å²) in [6, 6.07) is 18.0. The van der Waals surface area contributed by atoms with Crippen LogP contribution in [0.2, 0.25) is 18.1 Å². The lowest BCUT2D eigenvalue weighted by Crippen LogP contribution is -2.45. The van der Waals surface area contributed by atoms with E-state index in [0.717, 1.165) is 47.8 Å². The number of aromatic nitrogens is 1. The summed E-state index contributed by atoms with van der Waals surface area (Å²) in [7, 11) is -0.000340. The number of benzene rings is 2. The van der Waals surface area contributed by atoms with E-state index in [9.17, 15) is 4.79 Å². The van der Waals surface area contributed by atoms with Gasteiger partial charge in [-0.25, -0.2) is 9.78 Å². The van der Waals surface area contributed by atoms with Crippen molar-refractivity contribution < 1.29 is 14.0 Å². The van der Waals surface area contributed by atoms with E-state index in [1.165, 1.54) is 0 Å². The lowest BCUT2D eigenvalue weighted by Gasteiger charge is -2.38. The highest BCUT2D eigenvalue weighted by Crippen LogP contribution is 2.38. The van der Waals surface area contributed by atoms with Crippen molar-refractivity contribution in [2.75, 3.05) is 26.7 Å². The van der Waals surface area contributed by atoms with Gasteiger partial charge in [-0.15, -0.1) is 11.3 Å². The van der Waals surface area contributed by atoms with Crippen molar-refractivity contribution in [2.24, 2.45) is 0 Å². The molecule has 0 bridgehead atoms. The molecule has 204 valence electrons. The Labute approximate surface area is 232 Å². The molecule has 8 heteroatoms. The molecule has 0 aliphatic carbocycles. The van der Waals surface area contributed by atoms with Gasteiger partial charge in [-0.2, -0.15) is 0 Å². The number of likely N-dealkylation sites (tertiary alicyclic amines) is 1. The normalized spacial score (nSPS) is 17.4. The molecule has 1 aliphatic heterocycles. The standard InChI is InChI=1S/C30H41N3O3SSi/c1-30(2,3)38(5,6)36-26-15-17-33(20-26)21-27(24-13-10-14-25(19-24)28-31-16-18-37-28)32(4)29(34)35-22-23-11-8-7-9-12-23/h7-14,16,18-19,26-27H,15,17,20-22H2,1-6H3/t26-,27?/m0/s1. The van der Waals surface area contributed by atoms with Gasteiger partial charge in [0.25, 0.3) is 0 Å². The van der Waals surface area contributed by atoms with Crippen molar-refractivity contribution in [3.63, 3.8) is 0 Å². The molecular formula is C30H41N3O3SSi. The number of carbonyl (C=O) groups is 1. The molecule has 38 heavy (non-hydrogen) atoms. The number of nitrogens with zero attached hydrogens (tertiary/aromatic N) is 3. The zero-order valence-electron chi connectivity index (χ0n) is 23.5. The molecule has 0 radical (unpaired) electrons. The molecule has 2 heterocycles. The third kappa shape index (κ3) is 7.11. The first kappa shape index (κ1) is 28.5. The van der Waals surface area contributed by atoms with Crippen LogP contribution in [0.3, 0.4) is 0 Å². The number of hydrogen-bond donors (Lipinski definition) is 0. The fourth-order valence-corrected chi connectivity index (χ4v) is 6.56. The van der Waals surface area contributed by atoms with Crippen LogP contribution in [0, 0.1) is 0 Å². The van der Waals surface area contributed by atoms with Gasteiger partial charge >= 0.3 is 6.09 Å². The monoisotopic (exact) mass is 551 g/mol. The minimum absolute atomic E-state index is 0.162. The molecule has 1 unspecified atom stereocenters. The van der Waals surface area contributed by atoms with E-state index in [1.54, 1.807) is 16.2 Å². The maximum absolute atomic E-state index is 13.2. The van der Waals surface area contributed by atoms with E-state index < -0.39 is 8.32 Å². The summed E-state index contributed by atoms with van der Waals surface area (Å²) in [5.41, 5.74) is 3.11. The van der Waals surface area contributed by atoms with Crippen molar-refractivity contribution in [3.8, 4) is 10.6 Å². The molecule has 3 aromatic rings. The second-order valence-electron chi connectivity index (χ2n) is 11.7. The predicted octanol–water partition coefficient (Wildman–Crippen LogP) is 7.22. The predicted molar refractivity (Wildman–Crippen MR) is 158 cm³/mol. The highest BCUT2D eigenvalue weighted by Gasteiger charge is 2.41. The Bertz CT molecular complexity index is 1180. The molecule has 1 amide bonds. The van der Waals surface area contributed by atoms with Crippen LogP contribution in [-0.2, 0) is 15.8 Å². The summed E-state index contributed by atoms with van der Waals surface area (Å²) < 4.78 is 12.5. The summed E-state index contributed by atoms with van der Waals surface area (Å²) >= 11 is 1.62. The van der Waals surface area contributed by atoms with Crippen molar-refractivity contribution in [1.29, 1.82) is 0 Å². The Kier molecular flexibility index (Phi) is 9.08. The molecule has 4 rings (SSSR count). The highest BCUT2D eigenvalue weighted by atomic mass is 32.1. The zero-order chi connectivity index (χ0) is 27.3. The summed E-state index contributed by atoms with van der Waals surface area (Å²) in [6.07, 6.45) is 2.74. The number of rotatable bonds is 9. The van der Waals surface area contributed by atoms with Crippen LogP contribution in [-0.4, -0.2) is 62.0 Å². The number of ether oxygens (including phenoxy) is 1. The van der Waals surface area contributed by atoms with Gasteiger partial charge in [-0.1, -0.05) is 69.3 Å². The lowest BCUT2D eigenvalue weighted by molar-refractivity contribution is 0.0819. The van der Waals surface area contributed by atoms with E-state index in [4.69, 9.17) is 9.16 Å². The van der Waals surface area contributed by atoms with E-state index >= 15 is 0 Å². The van der Waals surface area contributed by atoms with Gasteiger partial charge in [0.2, 0.25) is 0 Å². The number of hydrogen-bond acceptors (Lipinski definition) is 6. The number of likely N-dealkylation sites (N-methyl/N-ethyl adjacent to an activating group) is 1. The van der Waals surface area contributed by atoms with Crippen molar-refractivity contribution in [1.82, 2.24) is 14.8 Å². The van der Waals surface area contributed by atoms with E-state index in [0.29, 0.717) is 0 Å². The summed E-state index contributed by atoms with van der Waals surface area (Å²) in [4.78, 5) is 21.9. The largest absolute Gasteiger partial charge is 0.445 e. The van der Waals surface area contributed by atoms with Crippen LogP contribution in [0.25, 0.3) is 10.6 Å². The molecule has 1 aliphatic rings. The second kappa shape index (κ2) is 12.1. The average Bonchev–Trinajstić information content (AvgIpc) is 3.58. The molecule has 0 N–H and O–H groups in total. The van der Waals surface area contributed by atoms with E-state index in [1.807, 2.05) is 49.0 Å². The SMILES string of the molecule is CN(C(=O)OCc1ccccc1)C(CN1CC[C@H](O[Si](C)(C)C(C)(C)C)C1)c1cccc(-c2nccs2)c1. The van der Waals surface area contributed by atoms with Crippen LogP contribution in [0.5, 0.6) is 0 Å². The smallest absolute Gasteiger partial charge is 0.410 e. The Hall–Kier alpha value is -2.52. The quantitative estimate of drug-likeness (QED) is 0.263. The highest BCUT2D eigenvalue weighted by molar-refractivity contribution is 7.13. The fourth-order valence-electron chi connectivity index (χ4n) is 4.54. The minimum Gasteiger partial charge on any atom is -0.445 e. The lowest BCUT2D eigenvalue weighted by atomic mass is 10.0. The van der Waals surface area contributed by atoms with Crippen LogP contribution in [0.15, 0.2) is 66.2 Å². The van der Waals surface area contributed by atoms with Gasteiger partial charge in [-0.05, 0) is 41.7 Å². The molecule has 1 saturated heterocycles. The first-order valence-corrected chi connectivity index (χ1v) is 17.2. The maximum atomic E-state index is 13.2. The maximum Gasteiger partial charge on any atom is 0.410 e. The number of amides is 1. The number of thiazole rings is 1. The molecule has 2 atom stereocenters. The molecule has 1 fully saturated rings. The third-order valence-electron chi connectivity index (χ3n) is 7.84. The van der Waals surface area contributed by atoms with Gasteiger partial charge in [-0.3, -0.25) is 4.90 Å². The first-order valence-electron chi connectivity index (χ1n) is 13.4. The van der Waals surface area contributed by atoms with Crippen LogP contribution in [0.4, 0.5) is 4.79 Å². The number of carbonyl (C=O) groups excluding carboxylic acids is 1. The van der Waals surface area contributed by atoms with Gasteiger partial charge in [0, 0.05) is 43.8 Å². The average molecular weight is 552 g/mol. The summed E-state index contributed by atoms with van der Waals surface area (Å²) in [6.45, 7) is 14.3. The summed E-state index contributed by atoms with van der Waals surface area (Å²) in [5, 5.41) is 3.14. The van der Waals surface area contributed by atoms with Gasteiger partial charge in [0.15, 0.2) is 8.32 Å². The molecule has 1 aromatic heterocycles. The van der Waals surface area contributed by atoms with Crippen molar-refractivity contribution in [2.45, 2.75) is 64.1 Å². The van der Waals surface area contributed by atoms with E-state index in [-0.39, 0.29) is 29.9 Å². The second-order valence-corrected chi connectivity index (χ2v) is 17.3. The fraction of sp³-hybridized carbons (Fsp3) is 0.467. The Balaban J connectivity index is 1.50. The molecule has 2 aromatic carbocycles.